The summed E-state index contributed by atoms with van der Waals surface area (Å²) < 4.78 is 50.5. The highest BCUT2D eigenvalue weighted by atomic mass is 35.5. The number of nitrogens with zero attached hydrogens (tertiary/aromatic N) is 1. The van der Waals surface area contributed by atoms with Crippen molar-refractivity contribution in [3.05, 3.63) is 67.7 Å². The van der Waals surface area contributed by atoms with Gasteiger partial charge in [0.05, 0.1) is 26.8 Å². The SMILES string of the molecule is CC(C)(C)OC(=O)NC1CCc2ccc(C3=NSC(c4cc(Cl)c(Cl)c(Cl)c4)(C(F)(F)F)C3)cc21. The first-order valence-corrected chi connectivity index (χ1v) is 12.7. The summed E-state index contributed by atoms with van der Waals surface area (Å²) in [5.74, 6) is 0. The lowest BCUT2D eigenvalue weighted by molar-refractivity contribution is -0.159. The van der Waals surface area contributed by atoms with E-state index in [1.54, 1.807) is 32.9 Å². The third kappa shape index (κ3) is 5.26. The van der Waals surface area contributed by atoms with E-state index in [2.05, 4.69) is 9.71 Å². The first kappa shape index (κ1) is 26.5. The van der Waals surface area contributed by atoms with E-state index in [4.69, 9.17) is 39.5 Å². The Hall–Kier alpha value is -1.61. The molecule has 188 valence electrons. The summed E-state index contributed by atoms with van der Waals surface area (Å²) in [6.45, 7) is 5.32. The normalized spacial score (nSPS) is 22.1. The first-order valence-electron chi connectivity index (χ1n) is 10.8. The monoisotopic (exact) mass is 564 g/mol. The fourth-order valence-electron chi connectivity index (χ4n) is 4.23. The van der Waals surface area contributed by atoms with Crippen molar-refractivity contribution in [2.75, 3.05) is 0 Å². The molecule has 35 heavy (non-hydrogen) atoms. The zero-order valence-corrected chi connectivity index (χ0v) is 22.1. The molecule has 0 radical (unpaired) electrons. The van der Waals surface area contributed by atoms with E-state index in [0.29, 0.717) is 29.6 Å². The number of carbonyl (C=O) groups is 1. The van der Waals surface area contributed by atoms with Crippen molar-refractivity contribution in [3.8, 4) is 0 Å². The predicted molar refractivity (Wildman–Crippen MR) is 135 cm³/mol. The number of hydrogen-bond acceptors (Lipinski definition) is 4. The molecule has 1 amide bonds. The van der Waals surface area contributed by atoms with Crippen LogP contribution in [0.4, 0.5) is 18.0 Å². The number of benzene rings is 2. The Morgan fingerprint density at radius 1 is 1.14 bits per heavy atom. The van der Waals surface area contributed by atoms with Gasteiger partial charge in [0.15, 0.2) is 4.75 Å². The van der Waals surface area contributed by atoms with Gasteiger partial charge < -0.3 is 10.1 Å². The van der Waals surface area contributed by atoms with E-state index in [1.807, 2.05) is 6.07 Å². The molecule has 2 aliphatic rings. The van der Waals surface area contributed by atoms with E-state index < -0.39 is 29.0 Å². The number of ether oxygens (including phenoxy) is 1. The molecule has 0 spiro atoms. The van der Waals surface area contributed by atoms with Gasteiger partial charge in [0.25, 0.3) is 0 Å². The molecular formula is C24H22Cl3F3N2O2S. The van der Waals surface area contributed by atoms with Crippen LogP contribution in [0.2, 0.25) is 15.1 Å². The van der Waals surface area contributed by atoms with Crippen LogP contribution in [0.15, 0.2) is 34.7 Å². The Morgan fingerprint density at radius 2 is 1.80 bits per heavy atom. The highest BCUT2D eigenvalue weighted by molar-refractivity contribution is 7.99. The zero-order chi connectivity index (χ0) is 25.8. The van der Waals surface area contributed by atoms with Crippen molar-refractivity contribution in [2.45, 2.75) is 62.6 Å². The molecule has 2 aromatic carbocycles. The maximum absolute atomic E-state index is 14.4. The maximum atomic E-state index is 14.4. The zero-order valence-electron chi connectivity index (χ0n) is 19.0. The van der Waals surface area contributed by atoms with Crippen LogP contribution >= 0.6 is 46.8 Å². The lowest BCUT2D eigenvalue weighted by Crippen LogP contribution is -2.38. The van der Waals surface area contributed by atoms with Gasteiger partial charge in [-0.2, -0.15) is 13.2 Å². The highest BCUT2D eigenvalue weighted by Gasteiger charge is 2.60. The number of fused-ring (bicyclic) bond motifs is 1. The summed E-state index contributed by atoms with van der Waals surface area (Å²) in [7, 11) is 0. The number of halogens is 6. The average Bonchev–Trinajstić information content (AvgIpc) is 3.35. The molecule has 2 aromatic rings. The minimum Gasteiger partial charge on any atom is -0.444 e. The Labute approximate surface area is 220 Å². The Kier molecular flexibility index (Phi) is 7.07. The summed E-state index contributed by atoms with van der Waals surface area (Å²) in [6.07, 6.45) is -4.17. The summed E-state index contributed by atoms with van der Waals surface area (Å²) in [5.41, 5.74) is 1.98. The lowest BCUT2D eigenvalue weighted by Gasteiger charge is -2.30. The van der Waals surface area contributed by atoms with E-state index >= 15 is 0 Å². The Balaban J connectivity index is 1.62. The van der Waals surface area contributed by atoms with Crippen LogP contribution in [0.5, 0.6) is 0 Å². The minimum atomic E-state index is -4.64. The fourth-order valence-corrected chi connectivity index (χ4v) is 5.79. The Bertz CT molecular complexity index is 1190. The molecular weight excluding hydrogens is 544 g/mol. The molecule has 11 heteroatoms. The summed E-state index contributed by atoms with van der Waals surface area (Å²) in [4.78, 5) is 12.3. The molecule has 1 aliphatic carbocycles. The third-order valence-corrected chi connectivity index (χ3v) is 8.32. The standard InChI is InChI=1S/C24H22Cl3F3N2O2S/c1-22(2,3)34-21(33)31-18-7-6-12-4-5-13(8-15(12)18)19-11-23(35-32-19,24(28,29)30)14-9-16(25)20(27)17(26)10-14/h4-5,8-10,18H,6-7,11H2,1-3H3,(H,31,33). The number of alkyl halides is 3. The molecule has 0 aromatic heterocycles. The second-order valence-corrected chi connectivity index (χ2v) is 11.8. The fraction of sp³-hybridized carbons (Fsp3) is 0.417. The van der Waals surface area contributed by atoms with Gasteiger partial charge in [-0.25, -0.2) is 9.19 Å². The van der Waals surface area contributed by atoms with Gasteiger partial charge >= 0.3 is 12.3 Å². The van der Waals surface area contributed by atoms with Gasteiger partial charge in [-0.1, -0.05) is 46.9 Å². The minimum absolute atomic E-state index is 0.000646. The molecule has 4 rings (SSSR count). The molecule has 2 atom stereocenters. The molecule has 1 N–H and O–H groups in total. The molecule has 0 saturated carbocycles. The van der Waals surface area contributed by atoms with Crippen LogP contribution in [0, 0.1) is 0 Å². The van der Waals surface area contributed by atoms with Crippen LogP contribution in [-0.2, 0) is 15.9 Å². The summed E-state index contributed by atoms with van der Waals surface area (Å²) >= 11 is 18.5. The van der Waals surface area contributed by atoms with Crippen molar-refractivity contribution >= 4 is 58.6 Å². The van der Waals surface area contributed by atoms with Crippen LogP contribution < -0.4 is 5.32 Å². The number of aryl methyl sites for hydroxylation is 1. The second-order valence-electron chi connectivity index (χ2n) is 9.54. The molecule has 0 fully saturated rings. The number of hydrogen-bond donors (Lipinski definition) is 1. The topological polar surface area (TPSA) is 50.7 Å². The second kappa shape index (κ2) is 9.36. The molecule has 4 nitrogen and oxygen atoms in total. The average molecular weight is 566 g/mol. The van der Waals surface area contributed by atoms with E-state index in [9.17, 15) is 18.0 Å². The Morgan fingerprint density at radius 3 is 2.40 bits per heavy atom. The van der Waals surface area contributed by atoms with Crippen LogP contribution in [0.1, 0.15) is 61.9 Å². The van der Waals surface area contributed by atoms with Crippen molar-refractivity contribution in [3.63, 3.8) is 0 Å². The summed E-state index contributed by atoms with van der Waals surface area (Å²) in [6, 6.07) is 7.53. The summed E-state index contributed by atoms with van der Waals surface area (Å²) in [5, 5.41) is 2.76. The van der Waals surface area contributed by atoms with Gasteiger partial charge in [-0.3, -0.25) is 0 Å². The predicted octanol–water partition coefficient (Wildman–Crippen LogP) is 8.46. The smallest absolute Gasteiger partial charge is 0.409 e. The highest BCUT2D eigenvalue weighted by Crippen LogP contribution is 2.57. The van der Waals surface area contributed by atoms with E-state index in [-0.39, 0.29) is 26.7 Å². The van der Waals surface area contributed by atoms with Gasteiger partial charge in [0.1, 0.15) is 5.60 Å². The van der Waals surface area contributed by atoms with Crippen LogP contribution in [-0.4, -0.2) is 23.6 Å². The quantitative estimate of drug-likeness (QED) is 0.300. The van der Waals surface area contributed by atoms with Crippen molar-refractivity contribution in [1.82, 2.24) is 5.32 Å². The number of nitrogens with one attached hydrogen (secondary N) is 1. The number of carbonyl (C=O) groups excluding carboxylic acids is 1. The largest absolute Gasteiger partial charge is 0.444 e. The molecule has 1 heterocycles. The van der Waals surface area contributed by atoms with Crippen LogP contribution in [0.3, 0.4) is 0 Å². The van der Waals surface area contributed by atoms with Crippen molar-refractivity contribution in [1.29, 1.82) is 0 Å². The van der Waals surface area contributed by atoms with Crippen LogP contribution in [0.25, 0.3) is 0 Å². The van der Waals surface area contributed by atoms with Gasteiger partial charge in [-0.15, -0.1) is 0 Å². The lowest BCUT2D eigenvalue weighted by atomic mass is 9.89. The van der Waals surface area contributed by atoms with Crippen molar-refractivity contribution in [2.24, 2.45) is 4.40 Å². The van der Waals surface area contributed by atoms with E-state index in [0.717, 1.165) is 17.5 Å². The number of alkyl carbamates (subject to hydrolysis) is 1. The maximum Gasteiger partial charge on any atom is 0.409 e. The molecule has 2 unspecified atom stereocenters. The number of amides is 1. The van der Waals surface area contributed by atoms with Crippen molar-refractivity contribution < 1.29 is 22.7 Å². The first-order chi connectivity index (χ1) is 16.2. The van der Waals surface area contributed by atoms with Gasteiger partial charge in [0, 0.05) is 6.42 Å². The van der Waals surface area contributed by atoms with Gasteiger partial charge in [0.2, 0.25) is 0 Å². The van der Waals surface area contributed by atoms with E-state index in [1.165, 1.54) is 12.1 Å². The third-order valence-electron chi connectivity index (χ3n) is 5.88. The molecule has 1 aliphatic heterocycles. The number of rotatable bonds is 3. The molecule has 0 saturated heterocycles. The molecule has 0 bridgehead atoms. The van der Waals surface area contributed by atoms with Gasteiger partial charge in [-0.05, 0) is 86.0 Å².